The molecular formula is C14H22O2. The van der Waals surface area contributed by atoms with Crippen LogP contribution in [0.25, 0.3) is 0 Å². The van der Waals surface area contributed by atoms with Crippen LogP contribution in [0, 0.1) is 11.8 Å². The summed E-state index contributed by atoms with van der Waals surface area (Å²) < 4.78 is 0. The minimum absolute atomic E-state index is 0.111. The smallest absolute Gasteiger partial charge is 0.155 e. The van der Waals surface area contributed by atoms with Crippen molar-refractivity contribution in [2.24, 2.45) is 11.8 Å². The molecule has 0 aliphatic heterocycles. The fraction of sp³-hybridized carbons (Fsp3) is 0.643. The molecule has 0 saturated heterocycles. The van der Waals surface area contributed by atoms with Gasteiger partial charge >= 0.3 is 0 Å². The molecular weight excluding hydrogens is 200 g/mol. The predicted molar refractivity (Wildman–Crippen MR) is 66.1 cm³/mol. The second-order valence-electron chi connectivity index (χ2n) is 4.98. The predicted octanol–water partition coefficient (Wildman–Crippen LogP) is 2.88. The van der Waals surface area contributed by atoms with E-state index >= 15 is 0 Å². The zero-order chi connectivity index (χ0) is 12.1. The Morgan fingerprint density at radius 2 is 2.06 bits per heavy atom. The Morgan fingerprint density at radius 1 is 1.38 bits per heavy atom. The lowest BCUT2D eigenvalue weighted by Crippen LogP contribution is -2.15. The molecule has 90 valence electrons. The summed E-state index contributed by atoms with van der Waals surface area (Å²) in [6.07, 6.45) is 5.95. The van der Waals surface area contributed by atoms with Crippen molar-refractivity contribution >= 4 is 5.78 Å². The maximum Gasteiger partial charge on any atom is 0.155 e. The van der Waals surface area contributed by atoms with E-state index in [0.29, 0.717) is 24.7 Å². The quantitative estimate of drug-likeness (QED) is 0.693. The van der Waals surface area contributed by atoms with Crippen LogP contribution in [-0.4, -0.2) is 17.0 Å². The number of aliphatic hydroxyl groups excluding tert-OH is 1. The third-order valence-corrected chi connectivity index (χ3v) is 3.32. The second kappa shape index (κ2) is 6.00. The van der Waals surface area contributed by atoms with Gasteiger partial charge in [-0.3, -0.25) is 4.79 Å². The highest BCUT2D eigenvalue weighted by Gasteiger charge is 2.16. The highest BCUT2D eigenvalue weighted by Crippen LogP contribution is 2.24. The first-order valence-corrected chi connectivity index (χ1v) is 6.07. The van der Waals surface area contributed by atoms with Gasteiger partial charge < -0.3 is 5.11 Å². The normalized spacial score (nSPS) is 28.5. The van der Waals surface area contributed by atoms with Gasteiger partial charge in [-0.25, -0.2) is 0 Å². The van der Waals surface area contributed by atoms with Crippen LogP contribution in [0.2, 0.25) is 0 Å². The van der Waals surface area contributed by atoms with Crippen LogP contribution < -0.4 is 0 Å². The van der Waals surface area contributed by atoms with Crippen LogP contribution in [0.4, 0.5) is 0 Å². The van der Waals surface area contributed by atoms with E-state index in [-0.39, 0.29) is 5.78 Å². The Balaban J connectivity index is 2.75. The molecule has 0 aromatic heterocycles. The third kappa shape index (κ3) is 3.93. The van der Waals surface area contributed by atoms with E-state index in [9.17, 15) is 9.90 Å². The van der Waals surface area contributed by atoms with E-state index in [1.54, 1.807) is 6.08 Å². The minimum atomic E-state index is -0.511. The summed E-state index contributed by atoms with van der Waals surface area (Å²) in [5.41, 5.74) is 0.869. The Kier molecular flexibility index (Phi) is 4.94. The Labute approximate surface area is 98.1 Å². The first kappa shape index (κ1) is 13.2. The molecule has 16 heavy (non-hydrogen) atoms. The van der Waals surface area contributed by atoms with Crippen molar-refractivity contribution in [1.29, 1.82) is 0 Å². The van der Waals surface area contributed by atoms with Gasteiger partial charge in [0.1, 0.15) is 0 Å². The maximum atomic E-state index is 11.5. The Morgan fingerprint density at radius 3 is 2.69 bits per heavy atom. The van der Waals surface area contributed by atoms with Gasteiger partial charge in [0.25, 0.3) is 0 Å². The van der Waals surface area contributed by atoms with E-state index in [1.807, 2.05) is 6.08 Å². The lowest BCUT2D eigenvalue weighted by Gasteiger charge is -2.20. The number of hydrogen-bond acceptors (Lipinski definition) is 2. The van der Waals surface area contributed by atoms with Gasteiger partial charge in [0.15, 0.2) is 5.78 Å². The maximum absolute atomic E-state index is 11.5. The van der Waals surface area contributed by atoms with E-state index in [1.165, 1.54) is 0 Å². The van der Waals surface area contributed by atoms with E-state index in [0.717, 1.165) is 18.4 Å². The fourth-order valence-electron chi connectivity index (χ4n) is 1.97. The number of allylic oxidation sites excluding steroid dienone is 2. The molecule has 2 atom stereocenters. The van der Waals surface area contributed by atoms with E-state index in [2.05, 4.69) is 20.4 Å². The van der Waals surface area contributed by atoms with E-state index in [4.69, 9.17) is 0 Å². The van der Waals surface area contributed by atoms with Crippen molar-refractivity contribution in [3.63, 3.8) is 0 Å². The molecule has 2 nitrogen and oxygen atoms in total. The average Bonchev–Trinajstić information content (AvgIpc) is 2.23. The molecule has 0 aromatic rings. The number of hydrogen-bond donors (Lipinski definition) is 1. The topological polar surface area (TPSA) is 37.3 Å². The monoisotopic (exact) mass is 222 g/mol. The zero-order valence-corrected chi connectivity index (χ0v) is 10.3. The molecule has 2 unspecified atom stereocenters. The highest BCUT2D eigenvalue weighted by atomic mass is 16.3. The SMILES string of the molecule is C=C1CCC(C(C)C)C=CC(=O)CCC1O. The van der Waals surface area contributed by atoms with Crippen LogP contribution in [0.1, 0.15) is 39.5 Å². The molecule has 0 radical (unpaired) electrons. The van der Waals surface area contributed by atoms with Gasteiger partial charge in [-0.05, 0) is 42.7 Å². The molecule has 0 bridgehead atoms. The highest BCUT2D eigenvalue weighted by molar-refractivity contribution is 5.89. The number of rotatable bonds is 1. The molecule has 0 aromatic carbocycles. The Bertz CT molecular complexity index is 289. The summed E-state index contributed by atoms with van der Waals surface area (Å²) in [6.45, 7) is 8.22. The lowest BCUT2D eigenvalue weighted by atomic mass is 9.86. The Hall–Kier alpha value is -0.890. The summed E-state index contributed by atoms with van der Waals surface area (Å²) in [5, 5.41) is 9.77. The van der Waals surface area contributed by atoms with Gasteiger partial charge in [-0.1, -0.05) is 26.5 Å². The number of carbonyl (C=O) groups is 1. The van der Waals surface area contributed by atoms with Gasteiger partial charge in [0, 0.05) is 6.42 Å². The third-order valence-electron chi connectivity index (χ3n) is 3.32. The molecule has 1 aliphatic rings. The van der Waals surface area contributed by atoms with Crippen molar-refractivity contribution in [2.45, 2.75) is 45.6 Å². The van der Waals surface area contributed by atoms with Crippen LogP contribution >= 0.6 is 0 Å². The molecule has 0 amide bonds. The molecule has 1 rings (SSSR count). The van der Waals surface area contributed by atoms with Crippen molar-refractivity contribution in [3.8, 4) is 0 Å². The first-order valence-electron chi connectivity index (χ1n) is 6.07. The molecule has 1 aliphatic carbocycles. The van der Waals surface area contributed by atoms with Crippen molar-refractivity contribution in [1.82, 2.24) is 0 Å². The number of ketones is 1. The number of aliphatic hydroxyl groups is 1. The fourth-order valence-corrected chi connectivity index (χ4v) is 1.97. The molecule has 2 heteroatoms. The summed E-state index contributed by atoms with van der Waals surface area (Å²) in [5.74, 6) is 1.04. The van der Waals surface area contributed by atoms with Crippen molar-refractivity contribution in [2.75, 3.05) is 0 Å². The zero-order valence-electron chi connectivity index (χ0n) is 10.3. The van der Waals surface area contributed by atoms with Crippen molar-refractivity contribution in [3.05, 3.63) is 24.3 Å². The van der Waals surface area contributed by atoms with Crippen LogP contribution in [0.5, 0.6) is 0 Å². The summed E-state index contributed by atoms with van der Waals surface area (Å²) in [7, 11) is 0. The van der Waals surface area contributed by atoms with Gasteiger partial charge in [0.2, 0.25) is 0 Å². The molecule has 0 saturated carbocycles. The van der Waals surface area contributed by atoms with Crippen LogP contribution in [0.15, 0.2) is 24.3 Å². The standard InChI is InChI=1S/C14H22O2/c1-10(2)12-5-4-11(3)14(16)9-8-13(15)7-6-12/h6-7,10,12,14,16H,3-5,8-9H2,1-2H3. The van der Waals surface area contributed by atoms with Crippen molar-refractivity contribution < 1.29 is 9.90 Å². The summed E-state index contributed by atoms with van der Waals surface area (Å²) in [4.78, 5) is 11.5. The van der Waals surface area contributed by atoms with Gasteiger partial charge in [0.05, 0.1) is 6.10 Å². The van der Waals surface area contributed by atoms with Gasteiger partial charge in [-0.15, -0.1) is 0 Å². The molecule has 0 fully saturated rings. The van der Waals surface area contributed by atoms with Crippen LogP contribution in [-0.2, 0) is 4.79 Å². The van der Waals surface area contributed by atoms with Crippen LogP contribution in [0.3, 0.4) is 0 Å². The molecule has 1 N–H and O–H groups in total. The number of carbonyl (C=O) groups excluding carboxylic acids is 1. The first-order chi connectivity index (χ1) is 7.50. The average molecular weight is 222 g/mol. The minimum Gasteiger partial charge on any atom is -0.389 e. The molecule has 0 heterocycles. The summed E-state index contributed by atoms with van der Waals surface area (Å²) >= 11 is 0. The van der Waals surface area contributed by atoms with Gasteiger partial charge in [-0.2, -0.15) is 0 Å². The van der Waals surface area contributed by atoms with E-state index < -0.39 is 6.10 Å². The second-order valence-corrected chi connectivity index (χ2v) is 4.98. The largest absolute Gasteiger partial charge is 0.389 e. The lowest BCUT2D eigenvalue weighted by molar-refractivity contribution is -0.115. The summed E-state index contributed by atoms with van der Waals surface area (Å²) in [6, 6.07) is 0. The molecule has 0 spiro atoms.